The summed E-state index contributed by atoms with van der Waals surface area (Å²) in [6.45, 7) is 2.09. The number of rotatable bonds is 3. The zero-order chi connectivity index (χ0) is 15.5. The third-order valence-electron chi connectivity index (χ3n) is 2.90. The highest BCUT2D eigenvalue weighted by atomic mass is 19.4. The van der Waals surface area contributed by atoms with Crippen LogP contribution in [-0.2, 0) is 12.7 Å². The Morgan fingerprint density at radius 3 is 2.38 bits per heavy atom. The van der Waals surface area contributed by atoms with Crippen molar-refractivity contribution in [2.45, 2.75) is 19.6 Å². The number of aromatic nitrogens is 1. The van der Waals surface area contributed by atoms with Gasteiger partial charge < -0.3 is 5.32 Å². The topological polar surface area (TPSA) is 48.7 Å². The zero-order valence-corrected chi connectivity index (χ0v) is 11.2. The lowest BCUT2D eigenvalue weighted by molar-refractivity contribution is -0.137. The molecule has 0 amide bonds. The molecule has 2 aromatic rings. The number of nitrogens with zero attached hydrogens (tertiary/aromatic N) is 2. The Balaban J connectivity index is 2.10. The van der Waals surface area contributed by atoms with Gasteiger partial charge >= 0.3 is 6.18 Å². The third kappa shape index (κ3) is 3.72. The van der Waals surface area contributed by atoms with Crippen LogP contribution >= 0.6 is 0 Å². The van der Waals surface area contributed by atoms with Gasteiger partial charge in [-0.2, -0.15) is 18.4 Å². The van der Waals surface area contributed by atoms with Crippen LogP contribution in [0, 0.1) is 18.3 Å². The van der Waals surface area contributed by atoms with E-state index in [0.29, 0.717) is 23.5 Å². The molecule has 2 rings (SSSR count). The van der Waals surface area contributed by atoms with Gasteiger partial charge in [-0.15, -0.1) is 0 Å². The minimum Gasteiger partial charge on any atom is -0.365 e. The largest absolute Gasteiger partial charge is 0.416 e. The molecular formula is C15H12F3N3. The fourth-order valence-corrected chi connectivity index (χ4v) is 1.78. The van der Waals surface area contributed by atoms with Gasteiger partial charge in [0.25, 0.3) is 0 Å². The molecule has 0 aliphatic rings. The first-order valence-electron chi connectivity index (χ1n) is 6.18. The summed E-state index contributed by atoms with van der Waals surface area (Å²) in [5.74, 6) is 0.428. The van der Waals surface area contributed by atoms with Crippen LogP contribution in [0.4, 0.5) is 19.0 Å². The maximum absolute atomic E-state index is 12.5. The molecule has 0 unspecified atom stereocenters. The number of nitrogens with one attached hydrogen (secondary N) is 1. The fourth-order valence-electron chi connectivity index (χ4n) is 1.78. The number of halogens is 3. The predicted octanol–water partition coefficient (Wildman–Crippen LogP) is 3.89. The molecule has 1 heterocycles. The second-order valence-electron chi connectivity index (χ2n) is 4.51. The molecule has 21 heavy (non-hydrogen) atoms. The first-order valence-corrected chi connectivity index (χ1v) is 6.18. The second-order valence-corrected chi connectivity index (χ2v) is 4.51. The Labute approximate surface area is 120 Å². The average molecular weight is 291 g/mol. The maximum atomic E-state index is 12.5. The highest BCUT2D eigenvalue weighted by molar-refractivity contribution is 5.52. The number of anilines is 1. The summed E-state index contributed by atoms with van der Waals surface area (Å²) in [5.41, 5.74) is 1.14. The molecule has 0 aliphatic heterocycles. The summed E-state index contributed by atoms with van der Waals surface area (Å²) in [6.07, 6.45) is -4.34. The first kappa shape index (κ1) is 14.9. The van der Waals surface area contributed by atoms with E-state index in [1.54, 1.807) is 19.1 Å². The zero-order valence-electron chi connectivity index (χ0n) is 11.2. The van der Waals surface area contributed by atoms with Crippen LogP contribution in [0.1, 0.15) is 22.4 Å². The van der Waals surface area contributed by atoms with E-state index in [0.717, 1.165) is 17.8 Å². The number of aryl methyl sites for hydroxylation is 1. The molecule has 0 saturated heterocycles. The Morgan fingerprint density at radius 2 is 1.81 bits per heavy atom. The van der Waals surface area contributed by atoms with Crippen molar-refractivity contribution in [2.24, 2.45) is 0 Å². The molecule has 1 aromatic heterocycles. The van der Waals surface area contributed by atoms with Gasteiger partial charge in [0.15, 0.2) is 0 Å². The van der Waals surface area contributed by atoms with Crippen molar-refractivity contribution in [3.05, 3.63) is 58.8 Å². The Bertz CT molecular complexity index is 670. The maximum Gasteiger partial charge on any atom is 0.416 e. The van der Waals surface area contributed by atoms with Gasteiger partial charge in [0.2, 0.25) is 0 Å². The fraction of sp³-hybridized carbons (Fsp3) is 0.200. The van der Waals surface area contributed by atoms with E-state index >= 15 is 0 Å². The molecule has 0 spiro atoms. The summed E-state index contributed by atoms with van der Waals surface area (Å²) < 4.78 is 37.4. The number of hydrogen-bond donors (Lipinski definition) is 1. The molecular weight excluding hydrogens is 279 g/mol. The highest BCUT2D eigenvalue weighted by Gasteiger charge is 2.29. The molecule has 0 fully saturated rings. The quantitative estimate of drug-likeness (QED) is 0.933. The highest BCUT2D eigenvalue weighted by Crippen LogP contribution is 2.29. The van der Waals surface area contributed by atoms with E-state index < -0.39 is 11.7 Å². The molecule has 108 valence electrons. The van der Waals surface area contributed by atoms with Gasteiger partial charge in [-0.25, -0.2) is 4.98 Å². The van der Waals surface area contributed by atoms with E-state index in [9.17, 15) is 13.2 Å². The van der Waals surface area contributed by atoms with Crippen LogP contribution in [0.2, 0.25) is 0 Å². The van der Waals surface area contributed by atoms with Crippen molar-refractivity contribution < 1.29 is 13.2 Å². The van der Waals surface area contributed by atoms with Gasteiger partial charge in [0.05, 0.1) is 11.1 Å². The van der Waals surface area contributed by atoms with Crippen LogP contribution in [0.3, 0.4) is 0 Å². The van der Waals surface area contributed by atoms with Crippen molar-refractivity contribution in [3.8, 4) is 6.07 Å². The molecule has 6 heteroatoms. The van der Waals surface area contributed by atoms with Crippen LogP contribution < -0.4 is 5.32 Å². The first-order chi connectivity index (χ1) is 9.90. The van der Waals surface area contributed by atoms with Gasteiger partial charge in [-0.1, -0.05) is 12.1 Å². The van der Waals surface area contributed by atoms with E-state index in [4.69, 9.17) is 5.26 Å². The lowest BCUT2D eigenvalue weighted by Gasteiger charge is -2.10. The monoisotopic (exact) mass is 291 g/mol. The van der Waals surface area contributed by atoms with E-state index in [1.165, 1.54) is 12.1 Å². The number of benzene rings is 1. The molecule has 0 radical (unpaired) electrons. The SMILES string of the molecule is Cc1ccc(C#N)c(NCc2ccc(C(F)(F)F)cc2)n1. The van der Waals surface area contributed by atoms with Crippen molar-refractivity contribution in [3.63, 3.8) is 0 Å². The van der Waals surface area contributed by atoms with Crippen LogP contribution in [0.25, 0.3) is 0 Å². The Hall–Kier alpha value is -2.55. The van der Waals surface area contributed by atoms with Crippen molar-refractivity contribution in [1.29, 1.82) is 5.26 Å². The third-order valence-corrected chi connectivity index (χ3v) is 2.90. The molecule has 0 saturated carbocycles. The van der Waals surface area contributed by atoms with Crippen molar-refractivity contribution in [1.82, 2.24) is 4.98 Å². The van der Waals surface area contributed by atoms with Gasteiger partial charge in [0.1, 0.15) is 11.9 Å². The van der Waals surface area contributed by atoms with E-state index in [-0.39, 0.29) is 0 Å². The molecule has 0 aliphatic carbocycles. The number of nitriles is 1. The van der Waals surface area contributed by atoms with Crippen molar-refractivity contribution in [2.75, 3.05) is 5.32 Å². The molecule has 0 bridgehead atoms. The van der Waals surface area contributed by atoms with Gasteiger partial charge in [0, 0.05) is 12.2 Å². The second kappa shape index (κ2) is 5.83. The smallest absolute Gasteiger partial charge is 0.365 e. The van der Waals surface area contributed by atoms with Crippen molar-refractivity contribution >= 4 is 5.82 Å². The minimum atomic E-state index is -4.34. The van der Waals surface area contributed by atoms with Crippen LogP contribution in [0.5, 0.6) is 0 Å². The Morgan fingerprint density at radius 1 is 1.14 bits per heavy atom. The lowest BCUT2D eigenvalue weighted by Crippen LogP contribution is -2.07. The average Bonchev–Trinajstić information content (AvgIpc) is 2.45. The summed E-state index contributed by atoms with van der Waals surface area (Å²) in [7, 11) is 0. The Kier molecular flexibility index (Phi) is 4.13. The summed E-state index contributed by atoms with van der Waals surface area (Å²) in [4.78, 5) is 4.20. The van der Waals surface area contributed by atoms with Crippen LogP contribution in [-0.4, -0.2) is 4.98 Å². The predicted molar refractivity (Wildman–Crippen MR) is 72.5 cm³/mol. The summed E-state index contributed by atoms with van der Waals surface area (Å²) in [5, 5.41) is 11.9. The summed E-state index contributed by atoms with van der Waals surface area (Å²) >= 11 is 0. The molecule has 1 aromatic carbocycles. The summed E-state index contributed by atoms with van der Waals surface area (Å²) in [6, 6.07) is 10.3. The number of hydrogen-bond acceptors (Lipinski definition) is 3. The minimum absolute atomic E-state index is 0.295. The van der Waals surface area contributed by atoms with Gasteiger partial charge in [-0.3, -0.25) is 0 Å². The number of pyridine rings is 1. The van der Waals surface area contributed by atoms with Gasteiger partial charge in [-0.05, 0) is 36.8 Å². The standard InChI is InChI=1S/C15H12F3N3/c1-10-2-5-12(8-19)14(21-10)20-9-11-3-6-13(7-4-11)15(16,17)18/h2-7H,9H2,1H3,(H,20,21). The van der Waals surface area contributed by atoms with E-state index in [2.05, 4.69) is 10.3 Å². The normalized spacial score (nSPS) is 11.0. The molecule has 3 nitrogen and oxygen atoms in total. The molecule has 1 N–H and O–H groups in total. The molecule has 0 atom stereocenters. The van der Waals surface area contributed by atoms with Crippen LogP contribution in [0.15, 0.2) is 36.4 Å². The lowest BCUT2D eigenvalue weighted by atomic mass is 10.1. The number of alkyl halides is 3. The van der Waals surface area contributed by atoms with E-state index in [1.807, 2.05) is 6.07 Å².